The van der Waals surface area contributed by atoms with E-state index in [4.69, 9.17) is 10.3 Å². The van der Waals surface area contributed by atoms with Crippen LogP contribution in [0.3, 0.4) is 0 Å². The van der Waals surface area contributed by atoms with Crippen molar-refractivity contribution >= 4 is 0 Å². The maximum atomic E-state index is 5.86. The first kappa shape index (κ1) is 9.65. The maximum absolute atomic E-state index is 5.86. The minimum absolute atomic E-state index is 0.333. The monoisotopic (exact) mass is 195 g/mol. The van der Waals surface area contributed by atoms with Crippen LogP contribution in [-0.4, -0.2) is 10.1 Å². The molecule has 1 fully saturated rings. The minimum Gasteiger partial charge on any atom is -0.337 e. The lowest BCUT2D eigenvalue weighted by Crippen LogP contribution is -2.29. The lowest BCUT2D eigenvalue weighted by atomic mass is 10.1. The van der Waals surface area contributed by atoms with Gasteiger partial charge in [-0.3, -0.25) is 0 Å². The van der Waals surface area contributed by atoms with E-state index >= 15 is 0 Å². The fourth-order valence-electron chi connectivity index (χ4n) is 1.55. The molecule has 78 valence electrons. The van der Waals surface area contributed by atoms with Crippen molar-refractivity contribution in [2.75, 3.05) is 0 Å². The van der Waals surface area contributed by atoms with Gasteiger partial charge in [0.1, 0.15) is 0 Å². The van der Waals surface area contributed by atoms with Gasteiger partial charge in [0.05, 0.1) is 5.54 Å². The molecular formula is C10H17N3O. The summed E-state index contributed by atoms with van der Waals surface area (Å²) in [4.78, 5) is 4.34. The fourth-order valence-corrected chi connectivity index (χ4v) is 1.55. The molecule has 1 unspecified atom stereocenters. The predicted octanol–water partition coefficient (Wildman–Crippen LogP) is 1.78. The molecule has 1 aliphatic carbocycles. The Bertz CT molecular complexity index is 348. The van der Waals surface area contributed by atoms with Gasteiger partial charge in [0, 0.05) is 5.92 Å². The van der Waals surface area contributed by atoms with Crippen LogP contribution in [0.15, 0.2) is 4.52 Å². The average molecular weight is 195 g/mol. The summed E-state index contributed by atoms with van der Waals surface area (Å²) in [5, 5.41) is 3.97. The van der Waals surface area contributed by atoms with Crippen LogP contribution in [0.4, 0.5) is 0 Å². The molecule has 0 saturated heterocycles. The van der Waals surface area contributed by atoms with Crippen molar-refractivity contribution in [1.82, 2.24) is 10.1 Å². The Labute approximate surface area is 83.9 Å². The summed E-state index contributed by atoms with van der Waals surface area (Å²) >= 11 is 0. The summed E-state index contributed by atoms with van der Waals surface area (Å²) < 4.78 is 5.14. The summed E-state index contributed by atoms with van der Waals surface area (Å²) in [5.74, 6) is 1.78. The van der Waals surface area contributed by atoms with Crippen LogP contribution < -0.4 is 5.73 Å². The second-order valence-electron chi connectivity index (χ2n) is 5.42. The van der Waals surface area contributed by atoms with E-state index in [1.54, 1.807) is 0 Å². The largest absolute Gasteiger partial charge is 0.337 e. The maximum Gasteiger partial charge on any atom is 0.246 e. The lowest BCUT2D eigenvalue weighted by Gasteiger charge is -2.10. The van der Waals surface area contributed by atoms with E-state index in [0.29, 0.717) is 17.2 Å². The first-order valence-corrected chi connectivity index (χ1v) is 4.94. The zero-order valence-corrected chi connectivity index (χ0v) is 9.16. The van der Waals surface area contributed by atoms with E-state index < -0.39 is 5.54 Å². The van der Waals surface area contributed by atoms with Crippen molar-refractivity contribution in [2.45, 2.75) is 45.6 Å². The fraction of sp³-hybridized carbons (Fsp3) is 0.800. The molecule has 1 aliphatic rings. The van der Waals surface area contributed by atoms with E-state index in [-0.39, 0.29) is 0 Å². The molecule has 2 rings (SSSR count). The Morgan fingerprint density at radius 1 is 1.50 bits per heavy atom. The third-order valence-corrected chi connectivity index (χ3v) is 2.82. The standard InChI is InChI=1S/C10H17N3O/c1-9(2)5-6(9)7-12-8(14-13-7)10(3,4)11/h6H,5,11H2,1-4H3. The molecule has 2 N–H and O–H groups in total. The summed E-state index contributed by atoms with van der Waals surface area (Å²) in [6.07, 6.45) is 1.14. The Morgan fingerprint density at radius 3 is 2.43 bits per heavy atom. The SMILES string of the molecule is CC(C)(N)c1nc(C2CC2(C)C)no1. The lowest BCUT2D eigenvalue weighted by molar-refractivity contribution is 0.309. The quantitative estimate of drug-likeness (QED) is 0.781. The van der Waals surface area contributed by atoms with Gasteiger partial charge in [0.2, 0.25) is 5.89 Å². The van der Waals surface area contributed by atoms with Crippen LogP contribution in [0.1, 0.15) is 51.7 Å². The molecule has 0 bridgehead atoms. The molecule has 0 radical (unpaired) electrons. The van der Waals surface area contributed by atoms with Crippen molar-refractivity contribution in [3.63, 3.8) is 0 Å². The zero-order valence-electron chi connectivity index (χ0n) is 9.16. The van der Waals surface area contributed by atoms with Crippen molar-refractivity contribution < 1.29 is 4.52 Å². The molecule has 1 heterocycles. The van der Waals surface area contributed by atoms with Crippen LogP contribution in [0.5, 0.6) is 0 Å². The minimum atomic E-state index is -0.537. The van der Waals surface area contributed by atoms with E-state index in [9.17, 15) is 0 Å². The molecule has 0 aliphatic heterocycles. The van der Waals surface area contributed by atoms with E-state index in [1.807, 2.05) is 13.8 Å². The highest BCUT2D eigenvalue weighted by Gasteiger charge is 2.49. The molecule has 1 atom stereocenters. The van der Waals surface area contributed by atoms with Gasteiger partial charge in [-0.15, -0.1) is 0 Å². The summed E-state index contributed by atoms with van der Waals surface area (Å²) in [7, 11) is 0. The Balaban J connectivity index is 2.20. The number of nitrogens with zero attached hydrogens (tertiary/aromatic N) is 2. The third kappa shape index (κ3) is 1.54. The molecular weight excluding hydrogens is 178 g/mol. The van der Waals surface area contributed by atoms with Crippen molar-refractivity contribution in [3.8, 4) is 0 Å². The summed E-state index contributed by atoms with van der Waals surface area (Å²) in [6.45, 7) is 8.15. The van der Waals surface area contributed by atoms with Gasteiger partial charge in [0.25, 0.3) is 0 Å². The molecule has 0 amide bonds. The molecule has 1 aromatic heterocycles. The molecule has 4 heteroatoms. The van der Waals surface area contributed by atoms with Gasteiger partial charge >= 0.3 is 0 Å². The van der Waals surface area contributed by atoms with Crippen LogP contribution in [0.2, 0.25) is 0 Å². The van der Waals surface area contributed by atoms with Crippen LogP contribution >= 0.6 is 0 Å². The molecule has 1 aromatic rings. The summed E-state index contributed by atoms with van der Waals surface area (Å²) in [5.41, 5.74) is 5.66. The third-order valence-electron chi connectivity index (χ3n) is 2.82. The van der Waals surface area contributed by atoms with Gasteiger partial charge in [-0.25, -0.2) is 0 Å². The number of rotatable bonds is 2. The predicted molar refractivity (Wildman–Crippen MR) is 52.7 cm³/mol. The topological polar surface area (TPSA) is 64.9 Å². The number of nitrogens with two attached hydrogens (primary N) is 1. The molecule has 0 spiro atoms. The van der Waals surface area contributed by atoms with Gasteiger partial charge in [-0.05, 0) is 25.7 Å². The number of aromatic nitrogens is 2. The Morgan fingerprint density at radius 2 is 2.07 bits per heavy atom. The normalized spacial score (nSPS) is 25.1. The number of hydrogen-bond acceptors (Lipinski definition) is 4. The Hall–Kier alpha value is -0.900. The van der Waals surface area contributed by atoms with E-state index in [1.165, 1.54) is 0 Å². The average Bonchev–Trinajstić information content (AvgIpc) is 2.48. The van der Waals surface area contributed by atoms with Crippen molar-refractivity contribution in [1.29, 1.82) is 0 Å². The molecule has 1 saturated carbocycles. The van der Waals surface area contributed by atoms with Gasteiger partial charge in [0.15, 0.2) is 5.82 Å². The Kier molecular flexibility index (Phi) is 1.77. The second-order valence-corrected chi connectivity index (χ2v) is 5.42. The highest BCUT2D eigenvalue weighted by atomic mass is 16.5. The first-order chi connectivity index (χ1) is 6.31. The van der Waals surface area contributed by atoms with Gasteiger partial charge in [-0.1, -0.05) is 19.0 Å². The van der Waals surface area contributed by atoms with E-state index in [2.05, 4.69) is 24.0 Å². The van der Waals surface area contributed by atoms with Gasteiger partial charge < -0.3 is 10.3 Å². The van der Waals surface area contributed by atoms with E-state index in [0.717, 1.165) is 12.2 Å². The molecule has 0 aromatic carbocycles. The van der Waals surface area contributed by atoms with Crippen molar-refractivity contribution in [3.05, 3.63) is 11.7 Å². The summed E-state index contributed by atoms with van der Waals surface area (Å²) in [6, 6.07) is 0. The number of hydrogen-bond donors (Lipinski definition) is 1. The van der Waals surface area contributed by atoms with Crippen LogP contribution in [0.25, 0.3) is 0 Å². The van der Waals surface area contributed by atoms with Crippen molar-refractivity contribution in [2.24, 2.45) is 11.1 Å². The highest BCUT2D eigenvalue weighted by molar-refractivity contribution is 5.15. The highest BCUT2D eigenvalue weighted by Crippen LogP contribution is 2.57. The smallest absolute Gasteiger partial charge is 0.246 e. The van der Waals surface area contributed by atoms with Gasteiger partial charge in [-0.2, -0.15) is 4.98 Å². The van der Waals surface area contributed by atoms with Crippen LogP contribution in [0, 0.1) is 5.41 Å². The zero-order chi connectivity index (χ0) is 10.6. The first-order valence-electron chi connectivity index (χ1n) is 4.94. The molecule has 14 heavy (non-hydrogen) atoms. The van der Waals surface area contributed by atoms with Crippen LogP contribution in [-0.2, 0) is 5.54 Å². The molecule has 4 nitrogen and oxygen atoms in total. The second kappa shape index (κ2) is 2.57.